The number of pyridine rings is 1. The Morgan fingerprint density at radius 1 is 1.17 bits per heavy atom. The smallest absolute Gasteiger partial charge is 0.325 e. The van der Waals surface area contributed by atoms with E-state index in [2.05, 4.69) is 21.3 Å². The van der Waals surface area contributed by atoms with Gasteiger partial charge in [-0.05, 0) is 49.4 Å². The highest BCUT2D eigenvalue weighted by molar-refractivity contribution is 5.94. The van der Waals surface area contributed by atoms with Crippen LogP contribution in [0.4, 0.5) is 11.5 Å². The van der Waals surface area contributed by atoms with Gasteiger partial charge in [-0.25, -0.2) is 4.98 Å². The Balaban J connectivity index is 1.37. The molecule has 1 aliphatic carbocycles. The zero-order valence-corrected chi connectivity index (χ0v) is 19.7. The number of piperazine rings is 1. The number of carboxylic acids is 1. The van der Waals surface area contributed by atoms with Gasteiger partial charge in [0, 0.05) is 67.1 Å². The number of amides is 1. The van der Waals surface area contributed by atoms with Crippen LogP contribution in [-0.4, -0.2) is 58.0 Å². The monoisotopic (exact) mass is 472 g/mol. The summed E-state index contributed by atoms with van der Waals surface area (Å²) in [6.45, 7) is 3.72. The van der Waals surface area contributed by atoms with Gasteiger partial charge < -0.3 is 20.3 Å². The molecule has 9 nitrogen and oxygen atoms in total. The van der Waals surface area contributed by atoms with Crippen molar-refractivity contribution < 1.29 is 14.7 Å². The SMILES string of the molecule is CC(=O)Nc1ccc2c(C(C(=O)O)N3CCN(c4nc5c(cc4C#N)CCCC5)CC3)c[nH]c2c1. The molecule has 0 radical (unpaired) electrons. The van der Waals surface area contributed by atoms with Crippen LogP contribution in [0.2, 0.25) is 0 Å². The van der Waals surface area contributed by atoms with Crippen LogP contribution in [0, 0.1) is 11.3 Å². The number of nitriles is 1. The molecule has 0 saturated carbocycles. The van der Waals surface area contributed by atoms with Gasteiger partial charge in [-0.3, -0.25) is 14.5 Å². The molecule has 2 aromatic heterocycles. The van der Waals surface area contributed by atoms with Crippen molar-refractivity contribution in [3.8, 4) is 6.07 Å². The van der Waals surface area contributed by atoms with Gasteiger partial charge in [0.2, 0.25) is 5.91 Å². The zero-order chi connectivity index (χ0) is 24.5. The third kappa shape index (κ3) is 4.45. The second-order valence-electron chi connectivity index (χ2n) is 9.23. The molecule has 1 saturated heterocycles. The molecule has 1 unspecified atom stereocenters. The molecular weight excluding hydrogens is 444 g/mol. The predicted molar refractivity (Wildman–Crippen MR) is 132 cm³/mol. The number of anilines is 2. The molecule has 1 amide bonds. The summed E-state index contributed by atoms with van der Waals surface area (Å²) in [5.41, 5.74) is 4.99. The molecule has 1 fully saturated rings. The highest BCUT2D eigenvalue weighted by Crippen LogP contribution is 2.32. The highest BCUT2D eigenvalue weighted by Gasteiger charge is 2.33. The van der Waals surface area contributed by atoms with Crippen molar-refractivity contribution in [2.45, 2.75) is 38.6 Å². The van der Waals surface area contributed by atoms with Crippen molar-refractivity contribution in [1.82, 2.24) is 14.9 Å². The minimum absolute atomic E-state index is 0.162. The number of nitrogens with zero attached hydrogens (tertiary/aromatic N) is 4. The summed E-state index contributed by atoms with van der Waals surface area (Å²) in [5.74, 6) is -0.349. The van der Waals surface area contributed by atoms with Gasteiger partial charge in [0.25, 0.3) is 0 Å². The van der Waals surface area contributed by atoms with Crippen LogP contribution in [-0.2, 0) is 22.4 Å². The Kier molecular flexibility index (Phi) is 6.14. The maximum Gasteiger partial charge on any atom is 0.325 e. The average molecular weight is 473 g/mol. The summed E-state index contributed by atoms with van der Waals surface area (Å²) in [4.78, 5) is 35.8. The van der Waals surface area contributed by atoms with E-state index < -0.39 is 12.0 Å². The van der Waals surface area contributed by atoms with E-state index >= 15 is 0 Å². The number of carbonyl (C=O) groups is 2. The molecule has 9 heteroatoms. The number of fused-ring (bicyclic) bond motifs is 2. The summed E-state index contributed by atoms with van der Waals surface area (Å²) in [7, 11) is 0. The Labute approximate surface area is 203 Å². The molecule has 5 rings (SSSR count). The average Bonchev–Trinajstić information content (AvgIpc) is 3.26. The van der Waals surface area contributed by atoms with E-state index in [4.69, 9.17) is 4.98 Å². The summed E-state index contributed by atoms with van der Waals surface area (Å²) < 4.78 is 0. The summed E-state index contributed by atoms with van der Waals surface area (Å²) in [5, 5.41) is 23.4. The van der Waals surface area contributed by atoms with Gasteiger partial charge in [-0.1, -0.05) is 6.07 Å². The lowest BCUT2D eigenvalue weighted by Gasteiger charge is -2.38. The van der Waals surface area contributed by atoms with Crippen LogP contribution in [0.25, 0.3) is 10.9 Å². The minimum Gasteiger partial charge on any atom is -0.480 e. The molecule has 1 aromatic carbocycles. The number of aliphatic carboxylic acids is 1. The van der Waals surface area contributed by atoms with E-state index in [0.717, 1.165) is 48.1 Å². The minimum atomic E-state index is -0.907. The van der Waals surface area contributed by atoms with E-state index in [1.165, 1.54) is 12.5 Å². The van der Waals surface area contributed by atoms with Crippen LogP contribution in [0.5, 0.6) is 0 Å². The van der Waals surface area contributed by atoms with Crippen LogP contribution in [0.1, 0.15) is 48.2 Å². The molecule has 2 aliphatic rings. The van der Waals surface area contributed by atoms with Crippen LogP contribution >= 0.6 is 0 Å². The fourth-order valence-corrected chi connectivity index (χ4v) is 5.28. The van der Waals surface area contributed by atoms with E-state index in [1.54, 1.807) is 12.3 Å². The highest BCUT2D eigenvalue weighted by atomic mass is 16.4. The first kappa shape index (κ1) is 22.9. The molecule has 35 heavy (non-hydrogen) atoms. The van der Waals surface area contributed by atoms with Crippen molar-refractivity contribution in [3.63, 3.8) is 0 Å². The number of aromatic nitrogens is 2. The van der Waals surface area contributed by atoms with Gasteiger partial charge in [0.05, 0.1) is 5.56 Å². The quantitative estimate of drug-likeness (QED) is 0.521. The van der Waals surface area contributed by atoms with Crippen molar-refractivity contribution in [2.75, 3.05) is 36.4 Å². The first-order valence-corrected chi connectivity index (χ1v) is 12.0. The van der Waals surface area contributed by atoms with E-state index in [1.807, 2.05) is 23.1 Å². The molecule has 180 valence electrons. The lowest BCUT2D eigenvalue weighted by atomic mass is 9.94. The topological polar surface area (TPSA) is 125 Å². The number of benzene rings is 1. The first-order valence-electron chi connectivity index (χ1n) is 12.0. The molecule has 1 aliphatic heterocycles. The predicted octanol–water partition coefficient (Wildman–Crippen LogP) is 3.22. The Bertz CT molecular complexity index is 1330. The van der Waals surface area contributed by atoms with Gasteiger partial charge >= 0.3 is 5.97 Å². The molecule has 1 atom stereocenters. The second kappa shape index (κ2) is 9.39. The van der Waals surface area contributed by atoms with E-state index in [9.17, 15) is 20.0 Å². The van der Waals surface area contributed by atoms with Crippen LogP contribution < -0.4 is 10.2 Å². The molecule has 3 N–H and O–H groups in total. The fourth-order valence-electron chi connectivity index (χ4n) is 5.28. The van der Waals surface area contributed by atoms with E-state index in [-0.39, 0.29) is 5.91 Å². The Morgan fingerprint density at radius 3 is 2.66 bits per heavy atom. The van der Waals surface area contributed by atoms with Gasteiger partial charge in [-0.2, -0.15) is 5.26 Å². The van der Waals surface area contributed by atoms with Crippen LogP contribution in [0.15, 0.2) is 30.5 Å². The maximum atomic E-state index is 12.4. The normalized spacial score (nSPS) is 17.0. The van der Waals surface area contributed by atoms with E-state index in [0.29, 0.717) is 43.0 Å². The summed E-state index contributed by atoms with van der Waals surface area (Å²) in [6.07, 6.45) is 5.92. The number of hydrogen-bond donors (Lipinski definition) is 3. The van der Waals surface area contributed by atoms with Crippen molar-refractivity contribution in [3.05, 3.63) is 52.8 Å². The lowest BCUT2D eigenvalue weighted by molar-refractivity contribution is -0.143. The number of aryl methyl sites for hydroxylation is 2. The molecule has 0 spiro atoms. The van der Waals surface area contributed by atoms with Crippen molar-refractivity contribution in [2.24, 2.45) is 0 Å². The summed E-state index contributed by atoms with van der Waals surface area (Å²) >= 11 is 0. The number of H-pyrrole nitrogens is 1. The fraction of sp³-hybridized carbons (Fsp3) is 0.385. The molecule has 3 aromatic rings. The van der Waals surface area contributed by atoms with Crippen molar-refractivity contribution in [1.29, 1.82) is 5.26 Å². The van der Waals surface area contributed by atoms with Crippen LogP contribution in [0.3, 0.4) is 0 Å². The lowest BCUT2D eigenvalue weighted by Crippen LogP contribution is -2.49. The Morgan fingerprint density at radius 2 is 1.94 bits per heavy atom. The largest absolute Gasteiger partial charge is 0.480 e. The zero-order valence-electron chi connectivity index (χ0n) is 19.7. The number of nitrogens with one attached hydrogen (secondary N) is 2. The standard InChI is InChI=1S/C26H28N6O3/c1-16(33)29-19-6-7-20-21(15-28-23(20)13-19)24(26(34)35)31-8-10-32(11-9-31)25-18(14-27)12-17-4-2-3-5-22(17)30-25/h6-7,12-13,15,24,28H,2-5,8-11H2,1H3,(H,29,33)(H,34,35). The Hall–Kier alpha value is -3.90. The number of rotatable bonds is 5. The third-order valence-electron chi connectivity index (χ3n) is 6.94. The number of carbonyl (C=O) groups excluding carboxylic acids is 1. The molecule has 0 bridgehead atoms. The van der Waals surface area contributed by atoms with Gasteiger partial charge in [-0.15, -0.1) is 0 Å². The number of aromatic amines is 1. The third-order valence-corrected chi connectivity index (χ3v) is 6.94. The summed E-state index contributed by atoms with van der Waals surface area (Å²) in [6, 6.07) is 8.93. The first-order chi connectivity index (χ1) is 16.9. The number of hydrogen-bond acceptors (Lipinski definition) is 6. The van der Waals surface area contributed by atoms with Gasteiger partial charge in [0.15, 0.2) is 0 Å². The molecule has 3 heterocycles. The van der Waals surface area contributed by atoms with Gasteiger partial charge in [0.1, 0.15) is 17.9 Å². The maximum absolute atomic E-state index is 12.4. The second-order valence-corrected chi connectivity index (χ2v) is 9.23. The number of carboxylic acid groups (broad SMARTS) is 1. The molecular formula is C26H28N6O3. The van der Waals surface area contributed by atoms with Crippen molar-refractivity contribution >= 4 is 34.3 Å².